The fraction of sp³-hybridized carbons (Fsp3) is 0.526. The van der Waals surface area contributed by atoms with E-state index in [2.05, 4.69) is 5.32 Å². The fourth-order valence-electron chi connectivity index (χ4n) is 3.99. The highest BCUT2D eigenvalue weighted by atomic mass is 32.2. The van der Waals surface area contributed by atoms with Crippen molar-refractivity contribution in [2.75, 3.05) is 29.9 Å². The Morgan fingerprint density at radius 2 is 2.00 bits per heavy atom. The van der Waals surface area contributed by atoms with Crippen molar-refractivity contribution in [1.82, 2.24) is 4.90 Å². The Morgan fingerprint density at radius 3 is 2.65 bits per heavy atom. The number of hydrogen-bond donors (Lipinski definition) is 2. The number of aryl methyl sites for hydroxylation is 1. The van der Waals surface area contributed by atoms with Gasteiger partial charge in [-0.3, -0.25) is 14.4 Å². The summed E-state index contributed by atoms with van der Waals surface area (Å²) in [5.41, 5.74) is 1.11. The van der Waals surface area contributed by atoms with E-state index in [4.69, 9.17) is 0 Å². The Balaban J connectivity index is 1.44. The van der Waals surface area contributed by atoms with E-state index in [0.29, 0.717) is 19.5 Å². The highest BCUT2D eigenvalue weighted by molar-refractivity contribution is 8.00. The molecule has 2 aliphatic rings. The minimum absolute atomic E-state index is 0.0683. The molecule has 0 unspecified atom stereocenters. The molecule has 0 spiro atoms. The van der Waals surface area contributed by atoms with Gasteiger partial charge in [-0.05, 0) is 37.8 Å². The van der Waals surface area contributed by atoms with Gasteiger partial charge in [0.15, 0.2) is 0 Å². The van der Waals surface area contributed by atoms with Gasteiger partial charge in [0.1, 0.15) is 0 Å². The average molecular weight is 376 g/mol. The monoisotopic (exact) mass is 376 g/mol. The number of likely N-dealkylation sites (tertiary alicyclic amines) is 1. The first-order valence-electron chi connectivity index (χ1n) is 8.86. The zero-order chi connectivity index (χ0) is 18.7. The summed E-state index contributed by atoms with van der Waals surface area (Å²) < 4.78 is 0. The van der Waals surface area contributed by atoms with Gasteiger partial charge in [-0.15, -0.1) is 11.8 Å². The summed E-state index contributed by atoms with van der Waals surface area (Å²) in [6.45, 7) is 2.82. The first-order chi connectivity index (χ1) is 12.4. The molecule has 1 saturated carbocycles. The maximum Gasteiger partial charge on any atom is 0.311 e. The van der Waals surface area contributed by atoms with Crippen molar-refractivity contribution in [2.45, 2.75) is 26.2 Å². The van der Waals surface area contributed by atoms with E-state index in [-0.39, 0.29) is 29.2 Å². The summed E-state index contributed by atoms with van der Waals surface area (Å²) in [5.74, 6) is -0.538. The van der Waals surface area contributed by atoms with Crippen LogP contribution in [0.1, 0.15) is 24.8 Å². The topological polar surface area (TPSA) is 86.7 Å². The SMILES string of the molecule is Cc1ccc(NC(=O)CSCC(=O)N2C[C@@H]3CCC[C@@]3(C(=O)O)C2)cc1. The van der Waals surface area contributed by atoms with Crippen LogP contribution < -0.4 is 5.32 Å². The number of carboxylic acids is 1. The number of fused-ring (bicyclic) bond motifs is 1. The number of hydrogen-bond acceptors (Lipinski definition) is 4. The molecular weight excluding hydrogens is 352 g/mol. The standard InChI is InChI=1S/C19H24N2O4S/c1-13-4-6-15(7-5-13)20-16(22)10-26-11-17(23)21-9-14-3-2-8-19(14,12-21)18(24)25/h4-7,14H,2-3,8-12H2,1H3,(H,20,22)(H,24,25)/t14-,19+/m0/s1. The van der Waals surface area contributed by atoms with Crippen LogP contribution in [0.2, 0.25) is 0 Å². The van der Waals surface area contributed by atoms with Gasteiger partial charge in [-0.25, -0.2) is 0 Å². The molecule has 3 rings (SSSR count). The molecule has 0 radical (unpaired) electrons. The molecule has 1 aliphatic heterocycles. The van der Waals surface area contributed by atoms with Crippen molar-refractivity contribution in [3.63, 3.8) is 0 Å². The van der Waals surface area contributed by atoms with E-state index in [1.165, 1.54) is 11.8 Å². The molecule has 2 fully saturated rings. The number of anilines is 1. The highest BCUT2D eigenvalue weighted by Crippen LogP contribution is 2.48. The number of benzene rings is 1. The average Bonchev–Trinajstić information content (AvgIpc) is 3.15. The van der Waals surface area contributed by atoms with Gasteiger partial charge in [0.05, 0.1) is 16.9 Å². The molecule has 2 amide bonds. The molecule has 0 aromatic heterocycles. The third kappa shape index (κ3) is 3.87. The summed E-state index contributed by atoms with van der Waals surface area (Å²) in [7, 11) is 0. The third-order valence-electron chi connectivity index (χ3n) is 5.44. The lowest BCUT2D eigenvalue weighted by molar-refractivity contribution is -0.149. The van der Waals surface area contributed by atoms with Gasteiger partial charge >= 0.3 is 5.97 Å². The predicted molar refractivity (Wildman–Crippen MR) is 101 cm³/mol. The predicted octanol–water partition coefficient (Wildman–Crippen LogP) is 2.38. The van der Waals surface area contributed by atoms with Crippen LogP contribution in [0.5, 0.6) is 0 Å². The second kappa shape index (κ2) is 7.70. The number of carbonyl (C=O) groups is 3. The van der Waals surface area contributed by atoms with Crippen LogP contribution in [0.25, 0.3) is 0 Å². The summed E-state index contributed by atoms with van der Waals surface area (Å²) in [6, 6.07) is 7.54. The van der Waals surface area contributed by atoms with Crippen molar-refractivity contribution < 1.29 is 19.5 Å². The maximum absolute atomic E-state index is 12.4. The molecule has 26 heavy (non-hydrogen) atoms. The molecule has 1 heterocycles. The molecular formula is C19H24N2O4S. The van der Waals surface area contributed by atoms with E-state index in [1.54, 1.807) is 4.90 Å². The fourth-order valence-corrected chi connectivity index (χ4v) is 4.70. The first-order valence-corrected chi connectivity index (χ1v) is 10.0. The molecule has 7 heteroatoms. The van der Waals surface area contributed by atoms with Crippen LogP contribution in [-0.2, 0) is 14.4 Å². The van der Waals surface area contributed by atoms with Gasteiger partial charge in [0, 0.05) is 18.8 Å². The van der Waals surface area contributed by atoms with Crippen molar-refractivity contribution in [1.29, 1.82) is 0 Å². The molecule has 2 N–H and O–H groups in total. The number of carbonyl (C=O) groups excluding carboxylic acids is 2. The van der Waals surface area contributed by atoms with Gasteiger partial charge in [0.2, 0.25) is 11.8 Å². The van der Waals surface area contributed by atoms with Crippen LogP contribution in [0.15, 0.2) is 24.3 Å². The molecule has 6 nitrogen and oxygen atoms in total. The molecule has 1 aromatic carbocycles. The third-order valence-corrected chi connectivity index (χ3v) is 6.36. The molecule has 0 bridgehead atoms. The Hall–Kier alpha value is -2.02. The van der Waals surface area contributed by atoms with Crippen molar-refractivity contribution in [3.05, 3.63) is 29.8 Å². The van der Waals surface area contributed by atoms with Crippen molar-refractivity contribution in [2.24, 2.45) is 11.3 Å². The van der Waals surface area contributed by atoms with Gasteiger partial charge < -0.3 is 15.3 Å². The minimum Gasteiger partial charge on any atom is -0.481 e. The zero-order valence-corrected chi connectivity index (χ0v) is 15.7. The Morgan fingerprint density at radius 1 is 1.27 bits per heavy atom. The molecule has 2 atom stereocenters. The van der Waals surface area contributed by atoms with E-state index < -0.39 is 11.4 Å². The number of nitrogens with zero attached hydrogens (tertiary/aromatic N) is 1. The minimum atomic E-state index is -0.777. The lowest BCUT2D eigenvalue weighted by Crippen LogP contribution is -2.37. The lowest BCUT2D eigenvalue weighted by Gasteiger charge is -2.23. The quantitative estimate of drug-likeness (QED) is 0.796. The van der Waals surface area contributed by atoms with Crippen LogP contribution in [0, 0.1) is 18.3 Å². The summed E-state index contributed by atoms with van der Waals surface area (Å²) in [5, 5.41) is 12.4. The number of rotatable bonds is 6. The zero-order valence-electron chi connectivity index (χ0n) is 14.9. The van der Waals surface area contributed by atoms with Crippen LogP contribution in [0.4, 0.5) is 5.69 Å². The molecule has 1 aromatic rings. The van der Waals surface area contributed by atoms with E-state index in [0.717, 1.165) is 24.1 Å². The van der Waals surface area contributed by atoms with Gasteiger partial charge in [-0.1, -0.05) is 24.1 Å². The van der Waals surface area contributed by atoms with Gasteiger partial charge in [0.25, 0.3) is 0 Å². The normalized spacial score (nSPS) is 24.3. The molecule has 1 saturated heterocycles. The van der Waals surface area contributed by atoms with Gasteiger partial charge in [-0.2, -0.15) is 0 Å². The number of aliphatic carboxylic acids is 1. The van der Waals surface area contributed by atoms with Crippen LogP contribution in [-0.4, -0.2) is 52.4 Å². The molecule has 140 valence electrons. The number of amides is 2. The highest BCUT2D eigenvalue weighted by Gasteiger charge is 2.55. The summed E-state index contributed by atoms with van der Waals surface area (Å²) >= 11 is 1.26. The van der Waals surface area contributed by atoms with E-state index >= 15 is 0 Å². The maximum atomic E-state index is 12.4. The lowest BCUT2D eigenvalue weighted by atomic mass is 9.81. The Bertz CT molecular complexity index is 706. The second-order valence-electron chi connectivity index (χ2n) is 7.23. The molecule has 1 aliphatic carbocycles. The Labute approximate surface area is 157 Å². The van der Waals surface area contributed by atoms with Crippen LogP contribution >= 0.6 is 11.8 Å². The smallest absolute Gasteiger partial charge is 0.311 e. The first kappa shape index (κ1) is 18.8. The van der Waals surface area contributed by atoms with E-state index in [9.17, 15) is 19.5 Å². The summed E-state index contributed by atoms with van der Waals surface area (Å²) in [4.78, 5) is 37.7. The van der Waals surface area contributed by atoms with Crippen LogP contribution in [0.3, 0.4) is 0 Å². The largest absolute Gasteiger partial charge is 0.481 e. The van der Waals surface area contributed by atoms with E-state index in [1.807, 2.05) is 31.2 Å². The number of thioether (sulfide) groups is 1. The van der Waals surface area contributed by atoms with Crippen molar-refractivity contribution in [3.8, 4) is 0 Å². The second-order valence-corrected chi connectivity index (χ2v) is 8.22. The van der Waals surface area contributed by atoms with Crippen molar-refractivity contribution >= 4 is 35.2 Å². The summed E-state index contributed by atoms with van der Waals surface area (Å²) in [6.07, 6.45) is 2.46. The number of nitrogens with one attached hydrogen (secondary N) is 1. The Kier molecular flexibility index (Phi) is 5.55. The number of carboxylic acid groups (broad SMARTS) is 1.